The summed E-state index contributed by atoms with van der Waals surface area (Å²) in [6.07, 6.45) is 0.308. The molecule has 0 atom stereocenters. The van der Waals surface area contributed by atoms with Crippen molar-refractivity contribution in [3.63, 3.8) is 0 Å². The van der Waals surface area contributed by atoms with E-state index in [0.717, 1.165) is 16.9 Å². The van der Waals surface area contributed by atoms with Gasteiger partial charge < -0.3 is 11.1 Å². The fourth-order valence-electron chi connectivity index (χ4n) is 1.42. The van der Waals surface area contributed by atoms with Crippen molar-refractivity contribution in [1.29, 1.82) is 0 Å². The molecule has 0 aliphatic heterocycles. The minimum absolute atomic E-state index is 0.0589. The van der Waals surface area contributed by atoms with Gasteiger partial charge in [-0.2, -0.15) is 0 Å². The molecule has 3 N–H and O–H groups in total. The van der Waals surface area contributed by atoms with Gasteiger partial charge in [-0.05, 0) is 17.7 Å². The number of nitrogens with two attached hydrogens (primary N) is 1. The van der Waals surface area contributed by atoms with Crippen LogP contribution in [0.3, 0.4) is 0 Å². The molecule has 0 saturated heterocycles. The molecule has 0 bridgehead atoms. The molecule has 1 amide bonds. The Bertz CT molecular complexity index is 479. The van der Waals surface area contributed by atoms with Gasteiger partial charge >= 0.3 is 0 Å². The Labute approximate surface area is 103 Å². The zero-order chi connectivity index (χ0) is 12.1. The van der Waals surface area contributed by atoms with E-state index in [2.05, 4.69) is 10.3 Å². The molecule has 17 heavy (non-hydrogen) atoms. The number of hydrogen-bond acceptors (Lipinski definition) is 4. The first-order chi connectivity index (χ1) is 8.28. The van der Waals surface area contributed by atoms with E-state index in [9.17, 15) is 4.79 Å². The minimum Gasteiger partial charge on any atom is -0.326 e. The molecule has 0 aliphatic carbocycles. The average molecular weight is 247 g/mol. The van der Waals surface area contributed by atoms with Gasteiger partial charge in [0.15, 0.2) is 0 Å². The normalized spacial score (nSPS) is 10.2. The lowest BCUT2D eigenvalue weighted by atomic mass is 10.2. The van der Waals surface area contributed by atoms with E-state index in [1.54, 1.807) is 5.51 Å². The summed E-state index contributed by atoms with van der Waals surface area (Å²) in [7, 11) is 0. The molecular weight excluding hydrogens is 234 g/mol. The highest BCUT2D eigenvalue weighted by molar-refractivity contribution is 7.07. The zero-order valence-corrected chi connectivity index (χ0v) is 10.0. The van der Waals surface area contributed by atoms with Crippen LogP contribution in [0.2, 0.25) is 0 Å². The van der Waals surface area contributed by atoms with Crippen molar-refractivity contribution in [3.8, 4) is 0 Å². The first-order valence-corrected chi connectivity index (χ1v) is 6.18. The highest BCUT2D eigenvalue weighted by Crippen LogP contribution is 2.10. The van der Waals surface area contributed by atoms with Gasteiger partial charge in [-0.15, -0.1) is 11.3 Å². The molecule has 0 aliphatic rings. The number of amides is 1. The second-order valence-electron chi connectivity index (χ2n) is 3.61. The van der Waals surface area contributed by atoms with Gasteiger partial charge in [0.1, 0.15) is 0 Å². The largest absolute Gasteiger partial charge is 0.326 e. The first kappa shape index (κ1) is 11.8. The van der Waals surface area contributed by atoms with Crippen LogP contribution < -0.4 is 11.1 Å². The Morgan fingerprint density at radius 1 is 1.35 bits per heavy atom. The lowest BCUT2D eigenvalue weighted by Gasteiger charge is -2.04. The topological polar surface area (TPSA) is 68.0 Å². The van der Waals surface area contributed by atoms with Crippen LogP contribution in [0.25, 0.3) is 0 Å². The molecule has 5 heteroatoms. The highest BCUT2D eigenvalue weighted by atomic mass is 32.1. The van der Waals surface area contributed by atoms with Crippen LogP contribution in [0.1, 0.15) is 11.3 Å². The smallest absolute Gasteiger partial charge is 0.230 e. The summed E-state index contributed by atoms with van der Waals surface area (Å²) in [4.78, 5) is 15.7. The van der Waals surface area contributed by atoms with Crippen molar-refractivity contribution < 1.29 is 4.79 Å². The Morgan fingerprint density at radius 2 is 2.12 bits per heavy atom. The summed E-state index contributed by atoms with van der Waals surface area (Å²) in [5, 5.41) is 4.69. The van der Waals surface area contributed by atoms with E-state index < -0.39 is 0 Å². The molecule has 4 nitrogen and oxygen atoms in total. The second-order valence-corrected chi connectivity index (χ2v) is 4.32. The fraction of sp³-hybridized carbons (Fsp3) is 0.167. The fourth-order valence-corrected chi connectivity index (χ4v) is 1.98. The van der Waals surface area contributed by atoms with Crippen LogP contribution >= 0.6 is 11.3 Å². The minimum atomic E-state index is -0.0589. The third kappa shape index (κ3) is 3.37. The summed E-state index contributed by atoms with van der Waals surface area (Å²) >= 11 is 1.49. The molecule has 2 aromatic rings. The van der Waals surface area contributed by atoms with E-state index in [4.69, 9.17) is 5.73 Å². The van der Waals surface area contributed by atoms with Crippen LogP contribution in [-0.4, -0.2) is 10.9 Å². The van der Waals surface area contributed by atoms with Crippen molar-refractivity contribution >= 4 is 22.9 Å². The average Bonchev–Trinajstić information content (AvgIpc) is 2.82. The van der Waals surface area contributed by atoms with E-state index in [0.29, 0.717) is 13.0 Å². The SMILES string of the molecule is NCc1ccc(NC(=O)Cc2cscn2)cc1. The molecule has 1 aromatic heterocycles. The van der Waals surface area contributed by atoms with Gasteiger partial charge in [0, 0.05) is 17.6 Å². The zero-order valence-electron chi connectivity index (χ0n) is 9.22. The van der Waals surface area contributed by atoms with Crippen LogP contribution in [0, 0.1) is 0 Å². The third-order valence-electron chi connectivity index (χ3n) is 2.30. The molecular formula is C12H13N3OS. The molecule has 1 aromatic carbocycles. The lowest BCUT2D eigenvalue weighted by molar-refractivity contribution is -0.115. The number of carbonyl (C=O) groups is 1. The predicted molar refractivity (Wildman–Crippen MR) is 68.8 cm³/mol. The van der Waals surface area contributed by atoms with E-state index in [-0.39, 0.29) is 5.91 Å². The second kappa shape index (κ2) is 5.56. The van der Waals surface area contributed by atoms with Gasteiger partial charge in [0.05, 0.1) is 17.6 Å². The van der Waals surface area contributed by atoms with Gasteiger partial charge in [-0.3, -0.25) is 4.79 Å². The van der Waals surface area contributed by atoms with Crippen LogP contribution in [-0.2, 0) is 17.8 Å². The monoisotopic (exact) mass is 247 g/mol. The Morgan fingerprint density at radius 3 is 2.71 bits per heavy atom. The van der Waals surface area contributed by atoms with Crippen molar-refractivity contribution in [2.24, 2.45) is 5.73 Å². The number of rotatable bonds is 4. The third-order valence-corrected chi connectivity index (χ3v) is 2.93. The molecule has 0 saturated carbocycles. The van der Waals surface area contributed by atoms with Crippen LogP contribution in [0.15, 0.2) is 35.2 Å². The van der Waals surface area contributed by atoms with Crippen molar-refractivity contribution in [2.45, 2.75) is 13.0 Å². The number of benzene rings is 1. The van der Waals surface area contributed by atoms with E-state index in [1.807, 2.05) is 29.6 Å². The van der Waals surface area contributed by atoms with Gasteiger partial charge in [-0.25, -0.2) is 4.98 Å². The molecule has 0 spiro atoms. The highest BCUT2D eigenvalue weighted by Gasteiger charge is 2.05. The summed E-state index contributed by atoms with van der Waals surface area (Å²) < 4.78 is 0. The quantitative estimate of drug-likeness (QED) is 0.865. The van der Waals surface area contributed by atoms with Crippen molar-refractivity contribution in [2.75, 3.05) is 5.32 Å². The molecule has 2 rings (SSSR count). The molecule has 1 heterocycles. The molecule has 0 radical (unpaired) electrons. The molecule has 0 fully saturated rings. The predicted octanol–water partition coefficient (Wildman–Crippen LogP) is 1.78. The number of hydrogen-bond donors (Lipinski definition) is 2. The summed E-state index contributed by atoms with van der Waals surface area (Å²) in [6.45, 7) is 0.507. The molecule has 88 valence electrons. The Hall–Kier alpha value is -1.72. The number of aromatic nitrogens is 1. The van der Waals surface area contributed by atoms with E-state index >= 15 is 0 Å². The number of nitrogens with zero attached hydrogens (tertiary/aromatic N) is 1. The number of nitrogens with one attached hydrogen (secondary N) is 1. The summed E-state index contributed by atoms with van der Waals surface area (Å²) in [5.74, 6) is -0.0589. The van der Waals surface area contributed by atoms with Crippen molar-refractivity contribution in [3.05, 3.63) is 46.4 Å². The van der Waals surface area contributed by atoms with Gasteiger partial charge in [-0.1, -0.05) is 12.1 Å². The number of carbonyl (C=O) groups excluding carboxylic acids is 1. The molecule has 0 unspecified atom stereocenters. The Balaban J connectivity index is 1.93. The number of thiazole rings is 1. The van der Waals surface area contributed by atoms with Gasteiger partial charge in [0.2, 0.25) is 5.91 Å². The summed E-state index contributed by atoms with van der Waals surface area (Å²) in [6, 6.07) is 7.50. The van der Waals surface area contributed by atoms with Crippen molar-refractivity contribution in [1.82, 2.24) is 4.98 Å². The number of anilines is 1. The summed E-state index contributed by atoms with van der Waals surface area (Å²) in [5.41, 5.74) is 9.84. The van der Waals surface area contributed by atoms with Crippen LogP contribution in [0.5, 0.6) is 0 Å². The van der Waals surface area contributed by atoms with E-state index in [1.165, 1.54) is 11.3 Å². The standard InChI is InChI=1S/C12H13N3OS/c13-6-9-1-3-10(4-2-9)15-12(16)5-11-7-17-8-14-11/h1-4,7-8H,5-6,13H2,(H,15,16). The maximum absolute atomic E-state index is 11.7. The maximum Gasteiger partial charge on any atom is 0.230 e. The maximum atomic E-state index is 11.7. The first-order valence-electron chi connectivity index (χ1n) is 5.24. The Kier molecular flexibility index (Phi) is 3.85. The van der Waals surface area contributed by atoms with Gasteiger partial charge in [0.25, 0.3) is 0 Å². The van der Waals surface area contributed by atoms with Crippen LogP contribution in [0.4, 0.5) is 5.69 Å². The lowest BCUT2D eigenvalue weighted by Crippen LogP contribution is -2.14.